The van der Waals surface area contributed by atoms with E-state index in [0.717, 1.165) is 4.90 Å². The highest BCUT2D eigenvalue weighted by molar-refractivity contribution is 6.24. The molecule has 0 aliphatic carbocycles. The Bertz CT molecular complexity index is 538. The Balaban J connectivity index is 2.56. The second-order valence-corrected chi connectivity index (χ2v) is 4.44. The molecule has 18 heavy (non-hydrogen) atoms. The number of hydrogen-bond acceptors (Lipinski definition) is 3. The summed E-state index contributed by atoms with van der Waals surface area (Å²) in [7, 11) is 0. The van der Waals surface area contributed by atoms with Gasteiger partial charge in [0.25, 0.3) is 5.69 Å². The van der Waals surface area contributed by atoms with Gasteiger partial charge < -0.3 is 4.90 Å². The molecule has 96 valence electrons. The lowest BCUT2D eigenvalue weighted by Crippen LogP contribution is -2.26. The maximum Gasteiger partial charge on any atom is 0.298 e. The number of hydrogen-bond donors (Lipinski definition) is 0. The maximum atomic E-state index is 13.6. The van der Waals surface area contributed by atoms with Gasteiger partial charge in [-0.15, -0.1) is 11.6 Å². The van der Waals surface area contributed by atoms with Gasteiger partial charge in [0, 0.05) is 19.0 Å². The summed E-state index contributed by atoms with van der Waals surface area (Å²) in [4.78, 5) is 22.3. The number of rotatable bonds is 2. The van der Waals surface area contributed by atoms with E-state index in [1.54, 1.807) is 0 Å². The van der Waals surface area contributed by atoms with Crippen molar-refractivity contribution in [1.82, 2.24) is 0 Å². The van der Waals surface area contributed by atoms with Gasteiger partial charge in [0.05, 0.1) is 16.4 Å². The van der Waals surface area contributed by atoms with Gasteiger partial charge in [-0.2, -0.15) is 0 Å². The Hall–Kier alpha value is -1.76. The SMILES string of the molecule is O=C1CC(Cl)CN1c1c(F)cc(F)cc1[N+](=O)[O-]. The van der Waals surface area contributed by atoms with Gasteiger partial charge >= 0.3 is 0 Å². The lowest BCUT2D eigenvalue weighted by molar-refractivity contribution is -0.384. The zero-order valence-corrected chi connectivity index (χ0v) is 9.66. The van der Waals surface area contributed by atoms with E-state index in [-0.39, 0.29) is 13.0 Å². The second kappa shape index (κ2) is 4.49. The molecule has 2 rings (SSSR count). The van der Waals surface area contributed by atoms with Crippen LogP contribution in [0, 0.1) is 21.7 Å². The molecule has 0 spiro atoms. The molecule has 1 amide bonds. The minimum atomic E-state index is -1.15. The topological polar surface area (TPSA) is 63.5 Å². The monoisotopic (exact) mass is 276 g/mol. The first-order chi connectivity index (χ1) is 8.40. The van der Waals surface area contributed by atoms with Crippen LogP contribution in [0.25, 0.3) is 0 Å². The first-order valence-corrected chi connectivity index (χ1v) is 5.41. The molecule has 1 atom stereocenters. The molecule has 1 aromatic carbocycles. The van der Waals surface area contributed by atoms with Crippen molar-refractivity contribution in [2.75, 3.05) is 11.4 Å². The standard InChI is InChI=1S/C10H7ClF2N2O3/c11-5-1-9(16)14(4-5)10-7(13)2-6(12)3-8(10)15(17)18/h2-3,5H,1,4H2. The van der Waals surface area contributed by atoms with E-state index < -0.39 is 39.2 Å². The van der Waals surface area contributed by atoms with Crippen molar-refractivity contribution in [3.8, 4) is 0 Å². The molecule has 1 aromatic rings. The number of nitrogens with zero attached hydrogens (tertiary/aromatic N) is 2. The minimum Gasteiger partial charge on any atom is -0.302 e. The van der Waals surface area contributed by atoms with Crippen molar-refractivity contribution < 1.29 is 18.5 Å². The first-order valence-electron chi connectivity index (χ1n) is 4.98. The van der Waals surface area contributed by atoms with Crippen LogP contribution < -0.4 is 4.90 Å². The number of anilines is 1. The van der Waals surface area contributed by atoms with Crippen LogP contribution >= 0.6 is 11.6 Å². The molecule has 8 heteroatoms. The van der Waals surface area contributed by atoms with Crippen molar-refractivity contribution in [2.45, 2.75) is 11.8 Å². The van der Waals surface area contributed by atoms with E-state index in [2.05, 4.69) is 0 Å². The van der Waals surface area contributed by atoms with E-state index in [0.29, 0.717) is 12.1 Å². The third kappa shape index (κ3) is 2.13. The summed E-state index contributed by atoms with van der Waals surface area (Å²) < 4.78 is 26.6. The van der Waals surface area contributed by atoms with Crippen LogP contribution in [0.5, 0.6) is 0 Å². The predicted molar refractivity (Wildman–Crippen MR) is 59.6 cm³/mol. The predicted octanol–water partition coefficient (Wildman–Crippen LogP) is 2.22. The summed E-state index contributed by atoms with van der Waals surface area (Å²) in [5.74, 6) is -2.75. The second-order valence-electron chi connectivity index (χ2n) is 3.82. The van der Waals surface area contributed by atoms with Crippen LogP contribution in [0.1, 0.15) is 6.42 Å². The number of benzene rings is 1. The quantitative estimate of drug-likeness (QED) is 0.473. The molecule has 1 heterocycles. The van der Waals surface area contributed by atoms with E-state index in [4.69, 9.17) is 11.6 Å². The van der Waals surface area contributed by atoms with Crippen molar-refractivity contribution >= 4 is 28.9 Å². The molecule has 0 N–H and O–H groups in total. The van der Waals surface area contributed by atoms with E-state index >= 15 is 0 Å². The molecule has 1 saturated heterocycles. The first kappa shape index (κ1) is 12.7. The van der Waals surface area contributed by atoms with E-state index in [1.165, 1.54) is 0 Å². The number of amides is 1. The maximum absolute atomic E-state index is 13.6. The molecule has 0 aromatic heterocycles. The third-order valence-corrected chi connectivity index (χ3v) is 2.84. The number of carbonyl (C=O) groups excluding carboxylic acids is 1. The fraction of sp³-hybridized carbons (Fsp3) is 0.300. The highest BCUT2D eigenvalue weighted by Crippen LogP contribution is 2.35. The zero-order valence-electron chi connectivity index (χ0n) is 8.90. The summed E-state index contributed by atoms with van der Waals surface area (Å²) in [6.45, 7) is -0.0379. The minimum absolute atomic E-state index is 0.0322. The highest BCUT2D eigenvalue weighted by Gasteiger charge is 2.35. The molecular weight excluding hydrogens is 270 g/mol. The Morgan fingerprint density at radius 2 is 2.11 bits per heavy atom. The summed E-state index contributed by atoms with van der Waals surface area (Å²) >= 11 is 5.74. The summed E-state index contributed by atoms with van der Waals surface area (Å²) in [5, 5.41) is 10.2. The fourth-order valence-corrected chi connectivity index (χ4v) is 2.11. The van der Waals surface area contributed by atoms with Gasteiger partial charge in [0.1, 0.15) is 5.82 Å². The highest BCUT2D eigenvalue weighted by atomic mass is 35.5. The van der Waals surface area contributed by atoms with Crippen LogP contribution in [0.2, 0.25) is 0 Å². The number of halogens is 3. The van der Waals surface area contributed by atoms with Gasteiger partial charge in [-0.05, 0) is 0 Å². The molecule has 0 bridgehead atoms. The lowest BCUT2D eigenvalue weighted by atomic mass is 10.2. The molecule has 0 saturated carbocycles. The van der Waals surface area contributed by atoms with Crippen LogP contribution in [0.4, 0.5) is 20.2 Å². The van der Waals surface area contributed by atoms with Crippen molar-refractivity contribution in [1.29, 1.82) is 0 Å². The molecule has 0 radical (unpaired) electrons. The van der Waals surface area contributed by atoms with Crippen LogP contribution in [-0.2, 0) is 4.79 Å². The number of carbonyl (C=O) groups is 1. The molecule has 1 aliphatic heterocycles. The van der Waals surface area contributed by atoms with Gasteiger partial charge in [0.15, 0.2) is 11.5 Å². The molecule has 1 fully saturated rings. The Morgan fingerprint density at radius 1 is 1.44 bits per heavy atom. The van der Waals surface area contributed by atoms with E-state index in [9.17, 15) is 23.7 Å². The average Bonchev–Trinajstić information content (AvgIpc) is 2.56. The number of alkyl halides is 1. The molecule has 1 aliphatic rings. The van der Waals surface area contributed by atoms with Crippen molar-refractivity contribution in [3.63, 3.8) is 0 Å². The largest absolute Gasteiger partial charge is 0.302 e. The third-order valence-electron chi connectivity index (χ3n) is 2.55. The van der Waals surface area contributed by atoms with Gasteiger partial charge in [0.2, 0.25) is 5.91 Å². The summed E-state index contributed by atoms with van der Waals surface area (Å²) in [6, 6.07) is 1.07. The fourth-order valence-electron chi connectivity index (χ4n) is 1.84. The van der Waals surface area contributed by atoms with Gasteiger partial charge in [-0.3, -0.25) is 14.9 Å². The smallest absolute Gasteiger partial charge is 0.298 e. The number of nitro groups is 1. The normalized spacial score (nSPS) is 19.4. The summed E-state index contributed by atoms with van der Waals surface area (Å²) in [6.07, 6.45) is -0.0322. The zero-order chi connectivity index (χ0) is 13.4. The Morgan fingerprint density at radius 3 is 2.61 bits per heavy atom. The van der Waals surface area contributed by atoms with Crippen LogP contribution in [0.15, 0.2) is 12.1 Å². The lowest BCUT2D eigenvalue weighted by Gasteiger charge is -2.16. The molecule has 5 nitrogen and oxygen atoms in total. The van der Waals surface area contributed by atoms with Gasteiger partial charge in [-0.25, -0.2) is 8.78 Å². The summed E-state index contributed by atoms with van der Waals surface area (Å²) in [5.41, 5.74) is -1.32. The van der Waals surface area contributed by atoms with Crippen molar-refractivity contribution in [3.05, 3.63) is 33.9 Å². The van der Waals surface area contributed by atoms with Gasteiger partial charge in [-0.1, -0.05) is 0 Å². The molecule has 1 unspecified atom stereocenters. The average molecular weight is 277 g/mol. The molecular formula is C10H7ClF2N2O3. The van der Waals surface area contributed by atoms with Crippen LogP contribution in [0.3, 0.4) is 0 Å². The van der Waals surface area contributed by atoms with E-state index in [1.807, 2.05) is 0 Å². The Labute approximate surface area is 105 Å². The number of nitro benzene ring substituents is 1. The van der Waals surface area contributed by atoms with Crippen molar-refractivity contribution in [2.24, 2.45) is 0 Å². The Kier molecular flexibility index (Phi) is 3.16. The van der Waals surface area contributed by atoms with Crippen LogP contribution in [-0.4, -0.2) is 22.8 Å².